The molecule has 0 heterocycles. The van der Waals surface area contributed by atoms with E-state index in [4.69, 9.17) is 17.0 Å². The summed E-state index contributed by atoms with van der Waals surface area (Å²) in [4.78, 5) is 0. The molecule has 0 radical (unpaired) electrons. The van der Waals surface area contributed by atoms with Gasteiger partial charge in [-0.2, -0.15) is 6.07 Å². The van der Waals surface area contributed by atoms with Crippen molar-refractivity contribution >= 4 is 27.8 Å². The van der Waals surface area contributed by atoms with Crippen LogP contribution in [0.3, 0.4) is 0 Å². The van der Waals surface area contributed by atoms with E-state index in [0.29, 0.717) is 5.92 Å². The van der Waals surface area contributed by atoms with Crippen molar-refractivity contribution in [2.75, 3.05) is 0 Å². The van der Waals surface area contributed by atoms with Gasteiger partial charge in [-0.15, -0.1) is 34.5 Å². The van der Waals surface area contributed by atoms with Gasteiger partial charge in [-0.1, -0.05) is 63.1 Å². The molecule has 0 saturated carbocycles. The Balaban J connectivity index is 0.000000701. The van der Waals surface area contributed by atoms with E-state index < -0.39 is 20.8 Å². The second-order valence-corrected chi connectivity index (χ2v) is 10.2. The summed E-state index contributed by atoms with van der Waals surface area (Å²) in [5.74, 6) is 0.576. The minimum atomic E-state index is -0.826. The van der Waals surface area contributed by atoms with Crippen molar-refractivity contribution in [2.24, 2.45) is 0 Å². The first-order valence-electron chi connectivity index (χ1n) is 8.84. The molecule has 0 aliphatic rings. The third-order valence-electron chi connectivity index (χ3n) is 4.71. The van der Waals surface area contributed by atoms with Gasteiger partial charge >= 0.3 is 37.9 Å². The van der Waals surface area contributed by atoms with Gasteiger partial charge in [0.2, 0.25) is 0 Å². The molecule has 3 aromatic rings. The fraction of sp³-hybridized carbons (Fsp3) is 0.318. The van der Waals surface area contributed by atoms with Crippen LogP contribution in [0.1, 0.15) is 50.3 Å². The Hall–Kier alpha value is -0.487. The molecular weight excluding hydrogens is 426 g/mol. The van der Waals surface area contributed by atoms with Crippen LogP contribution in [0.15, 0.2) is 48.5 Å². The van der Waals surface area contributed by atoms with E-state index in [1.807, 2.05) is 0 Å². The van der Waals surface area contributed by atoms with Gasteiger partial charge in [0.25, 0.3) is 0 Å². The topological polar surface area (TPSA) is 0 Å². The van der Waals surface area contributed by atoms with Crippen molar-refractivity contribution in [3.63, 3.8) is 0 Å². The fourth-order valence-corrected chi connectivity index (χ4v) is 3.37. The number of halogens is 2. The number of hydrogen-bond donors (Lipinski definition) is 0. The predicted octanol–water partition coefficient (Wildman–Crippen LogP) is 7.85. The van der Waals surface area contributed by atoms with Crippen molar-refractivity contribution in [2.45, 2.75) is 46.5 Å². The van der Waals surface area contributed by atoms with Gasteiger partial charge in [0.1, 0.15) is 0 Å². The van der Waals surface area contributed by atoms with E-state index in [9.17, 15) is 0 Å². The van der Waals surface area contributed by atoms with Crippen LogP contribution in [0.25, 0.3) is 21.9 Å². The number of aryl methyl sites for hydroxylation is 2. The van der Waals surface area contributed by atoms with Crippen molar-refractivity contribution in [1.82, 2.24) is 0 Å². The molecule has 0 bridgehead atoms. The van der Waals surface area contributed by atoms with Gasteiger partial charge in [0, 0.05) is 0 Å². The van der Waals surface area contributed by atoms with Crippen LogP contribution >= 0.6 is 17.0 Å². The molecule has 25 heavy (non-hydrogen) atoms. The maximum atomic E-state index is 4.93. The number of rotatable bonds is 4. The summed E-state index contributed by atoms with van der Waals surface area (Å²) in [5, 5.41) is 2.80. The molecular formula is C22H25Cl2Zr-. The van der Waals surface area contributed by atoms with Crippen LogP contribution in [0.2, 0.25) is 0 Å². The number of benzene rings is 2. The molecule has 0 aliphatic heterocycles. The molecule has 3 aromatic carbocycles. The Labute approximate surface area is 170 Å². The molecule has 0 saturated heterocycles. The third-order valence-corrected chi connectivity index (χ3v) is 4.71. The van der Waals surface area contributed by atoms with E-state index in [1.165, 1.54) is 38.6 Å². The Bertz CT molecular complexity index is 818. The summed E-state index contributed by atoms with van der Waals surface area (Å²) in [6, 6.07) is 18.2. The average molecular weight is 452 g/mol. The Morgan fingerprint density at radius 2 is 1.60 bits per heavy atom. The monoisotopic (exact) mass is 449 g/mol. The van der Waals surface area contributed by atoms with Crippen LogP contribution in [-0.2, 0) is 33.7 Å². The van der Waals surface area contributed by atoms with E-state index in [2.05, 4.69) is 76.2 Å². The number of hydrogen-bond acceptors (Lipinski definition) is 0. The van der Waals surface area contributed by atoms with Gasteiger partial charge < -0.3 is 0 Å². The molecule has 0 atom stereocenters. The summed E-state index contributed by atoms with van der Waals surface area (Å²) < 4.78 is 0. The molecule has 0 amide bonds. The van der Waals surface area contributed by atoms with E-state index in [-0.39, 0.29) is 0 Å². The normalized spacial score (nSPS) is 10.7. The number of fused-ring (bicyclic) bond motifs is 1. The van der Waals surface area contributed by atoms with Crippen LogP contribution in [0.4, 0.5) is 0 Å². The zero-order chi connectivity index (χ0) is 18.4. The SMILES string of the molecule is CCc1ccccc1-c1c(CC)ccc2[cH-]c(C(C)C)cc12.[Cl][Zr][Cl]. The second kappa shape index (κ2) is 10.0. The minimum absolute atomic E-state index is 0.576. The van der Waals surface area contributed by atoms with Gasteiger partial charge in [-0.25, -0.2) is 0 Å². The summed E-state index contributed by atoms with van der Waals surface area (Å²) in [6.07, 6.45) is 2.15. The van der Waals surface area contributed by atoms with Crippen molar-refractivity contribution < 1.29 is 20.8 Å². The van der Waals surface area contributed by atoms with E-state index in [0.717, 1.165) is 12.8 Å². The molecule has 0 nitrogen and oxygen atoms in total. The Kier molecular flexibility index (Phi) is 8.33. The molecule has 0 fully saturated rings. The standard InChI is InChI=1S/C22H25.2ClH.Zr/c1-5-16-9-7-8-10-20(16)22-17(6-2)11-12-18-13-19(15(3)4)14-21(18)22;;;/h7-15H,5-6H2,1-4H3;2*1H;/q-1;;;+2/p-2. The van der Waals surface area contributed by atoms with Crippen molar-refractivity contribution in [3.05, 3.63) is 65.2 Å². The second-order valence-electron chi connectivity index (χ2n) is 6.48. The summed E-state index contributed by atoms with van der Waals surface area (Å²) >= 11 is -0.826. The van der Waals surface area contributed by atoms with Crippen molar-refractivity contribution in [3.8, 4) is 11.1 Å². The maximum absolute atomic E-state index is 4.93. The zero-order valence-electron chi connectivity index (χ0n) is 15.4. The molecule has 3 heteroatoms. The van der Waals surface area contributed by atoms with Crippen LogP contribution in [0.5, 0.6) is 0 Å². The molecule has 0 aliphatic carbocycles. The molecule has 0 unspecified atom stereocenters. The summed E-state index contributed by atoms with van der Waals surface area (Å²) in [6.45, 7) is 9.05. The Morgan fingerprint density at radius 1 is 0.960 bits per heavy atom. The summed E-state index contributed by atoms with van der Waals surface area (Å²) in [7, 11) is 9.87. The first kappa shape index (κ1) is 20.8. The van der Waals surface area contributed by atoms with Gasteiger partial charge in [-0.05, 0) is 29.9 Å². The molecule has 0 N–H and O–H groups in total. The van der Waals surface area contributed by atoms with Gasteiger partial charge in [0.05, 0.1) is 0 Å². The average Bonchev–Trinajstić information content (AvgIpc) is 3.06. The predicted molar refractivity (Wildman–Crippen MR) is 110 cm³/mol. The van der Waals surface area contributed by atoms with Crippen LogP contribution < -0.4 is 0 Å². The van der Waals surface area contributed by atoms with Crippen LogP contribution in [0, 0.1) is 0 Å². The van der Waals surface area contributed by atoms with Gasteiger partial charge in [-0.3, -0.25) is 0 Å². The zero-order valence-corrected chi connectivity index (χ0v) is 19.3. The fourth-order valence-electron chi connectivity index (χ4n) is 3.37. The summed E-state index contributed by atoms with van der Waals surface area (Å²) in [5.41, 5.74) is 7.20. The van der Waals surface area contributed by atoms with Gasteiger partial charge in [0.15, 0.2) is 0 Å². The molecule has 3 rings (SSSR count). The van der Waals surface area contributed by atoms with E-state index >= 15 is 0 Å². The quantitative estimate of drug-likeness (QED) is 0.354. The molecule has 132 valence electrons. The molecule has 0 spiro atoms. The Morgan fingerprint density at radius 3 is 2.20 bits per heavy atom. The van der Waals surface area contributed by atoms with Crippen molar-refractivity contribution in [1.29, 1.82) is 0 Å². The first-order valence-corrected chi connectivity index (χ1v) is 15.2. The molecule has 0 aromatic heterocycles. The third kappa shape index (κ3) is 4.82. The first-order chi connectivity index (χ1) is 12.1. The van der Waals surface area contributed by atoms with Crippen LogP contribution in [-0.4, -0.2) is 0 Å². The van der Waals surface area contributed by atoms with E-state index in [1.54, 1.807) is 0 Å².